The summed E-state index contributed by atoms with van der Waals surface area (Å²) >= 11 is 0. The lowest BCUT2D eigenvalue weighted by molar-refractivity contribution is 0.0941. The quantitative estimate of drug-likeness (QED) is 0.733. The average Bonchev–Trinajstić information content (AvgIpc) is 2.90. The number of rotatable bonds is 6. The summed E-state index contributed by atoms with van der Waals surface area (Å²) in [5, 5.41) is 0. The van der Waals surface area contributed by atoms with Crippen LogP contribution in [0.15, 0.2) is 24.3 Å². The third-order valence-corrected chi connectivity index (χ3v) is 3.78. The molecule has 19 heavy (non-hydrogen) atoms. The lowest BCUT2D eigenvalue weighted by Gasteiger charge is -2.20. The normalized spacial score (nSPS) is 16.2. The van der Waals surface area contributed by atoms with Crippen LogP contribution in [0.5, 0.6) is 0 Å². The molecule has 3 heteroatoms. The largest absolute Gasteiger partial charge is 0.302 e. The Bertz CT molecular complexity index is 407. The van der Waals surface area contributed by atoms with Crippen molar-refractivity contribution in [2.45, 2.75) is 19.8 Å². The predicted molar refractivity (Wildman–Crippen MR) is 78.7 cm³/mol. The zero-order valence-electron chi connectivity index (χ0n) is 12.1. The first kappa shape index (κ1) is 14.2. The van der Waals surface area contributed by atoms with Crippen LogP contribution in [0.1, 0.15) is 28.8 Å². The maximum absolute atomic E-state index is 12.1. The molecule has 1 heterocycles. The minimum Gasteiger partial charge on any atom is -0.302 e. The number of nitrogens with zero attached hydrogens (tertiary/aromatic N) is 2. The second-order valence-electron chi connectivity index (χ2n) is 5.58. The summed E-state index contributed by atoms with van der Waals surface area (Å²) < 4.78 is 0. The molecule has 1 saturated heterocycles. The Kier molecular flexibility index (Phi) is 5.11. The van der Waals surface area contributed by atoms with Crippen LogP contribution in [0.4, 0.5) is 0 Å². The number of hydrogen-bond donors (Lipinski definition) is 0. The van der Waals surface area contributed by atoms with Gasteiger partial charge < -0.3 is 4.90 Å². The first-order valence-corrected chi connectivity index (χ1v) is 7.16. The third kappa shape index (κ3) is 4.44. The third-order valence-electron chi connectivity index (χ3n) is 3.78. The lowest BCUT2D eigenvalue weighted by atomic mass is 10.1. The van der Waals surface area contributed by atoms with E-state index in [9.17, 15) is 4.79 Å². The molecule has 0 atom stereocenters. The van der Waals surface area contributed by atoms with E-state index in [-0.39, 0.29) is 5.78 Å². The van der Waals surface area contributed by atoms with E-state index in [0.717, 1.165) is 18.7 Å². The molecule has 0 N–H and O–H groups in total. The van der Waals surface area contributed by atoms with Gasteiger partial charge in [0, 0.05) is 18.7 Å². The number of likely N-dealkylation sites (N-methyl/N-ethyl adjacent to an activating group) is 1. The number of Topliss-reactive ketones (excluding diaryl/α,β-unsaturated/α-hetero) is 1. The Labute approximate surface area is 116 Å². The van der Waals surface area contributed by atoms with E-state index in [0.29, 0.717) is 6.54 Å². The highest BCUT2D eigenvalue weighted by Crippen LogP contribution is 2.07. The second-order valence-corrected chi connectivity index (χ2v) is 5.58. The highest BCUT2D eigenvalue weighted by atomic mass is 16.1. The summed E-state index contributed by atoms with van der Waals surface area (Å²) in [5.74, 6) is 0.212. The van der Waals surface area contributed by atoms with Crippen molar-refractivity contribution in [3.8, 4) is 0 Å². The molecule has 1 aromatic carbocycles. The summed E-state index contributed by atoms with van der Waals surface area (Å²) in [7, 11) is 2.03. The molecule has 0 radical (unpaired) electrons. The minimum atomic E-state index is 0.212. The summed E-state index contributed by atoms with van der Waals surface area (Å²) in [4.78, 5) is 16.7. The Balaban J connectivity index is 1.76. The molecular formula is C16H24N2O. The molecular weight excluding hydrogens is 236 g/mol. The molecule has 1 aliphatic rings. The number of benzene rings is 1. The van der Waals surface area contributed by atoms with Crippen molar-refractivity contribution in [2.75, 3.05) is 39.8 Å². The van der Waals surface area contributed by atoms with Crippen LogP contribution in [0.3, 0.4) is 0 Å². The lowest BCUT2D eigenvalue weighted by Crippen LogP contribution is -2.34. The van der Waals surface area contributed by atoms with Crippen LogP contribution >= 0.6 is 0 Å². The van der Waals surface area contributed by atoms with Gasteiger partial charge in [-0.1, -0.05) is 29.8 Å². The molecule has 0 spiro atoms. The summed E-state index contributed by atoms with van der Waals surface area (Å²) in [5.41, 5.74) is 2.01. The van der Waals surface area contributed by atoms with Crippen LogP contribution in [-0.4, -0.2) is 55.4 Å². The van der Waals surface area contributed by atoms with Gasteiger partial charge in [0.15, 0.2) is 5.78 Å². The molecule has 1 fully saturated rings. The first-order valence-electron chi connectivity index (χ1n) is 7.16. The Hall–Kier alpha value is -1.19. The molecule has 0 aromatic heterocycles. The van der Waals surface area contributed by atoms with Crippen LogP contribution in [0, 0.1) is 6.92 Å². The van der Waals surface area contributed by atoms with Crippen LogP contribution < -0.4 is 0 Å². The van der Waals surface area contributed by atoms with Gasteiger partial charge in [-0.25, -0.2) is 0 Å². The zero-order valence-corrected chi connectivity index (χ0v) is 12.1. The fourth-order valence-corrected chi connectivity index (χ4v) is 2.47. The van der Waals surface area contributed by atoms with Gasteiger partial charge in [-0.15, -0.1) is 0 Å². The standard InChI is InChI=1S/C16H24N2O/c1-14-5-7-15(8-6-14)16(19)13-17(2)11-12-18-9-3-4-10-18/h5-8H,3-4,9-13H2,1-2H3. The van der Waals surface area contributed by atoms with E-state index in [4.69, 9.17) is 0 Å². The topological polar surface area (TPSA) is 23.6 Å². The van der Waals surface area contributed by atoms with E-state index in [1.165, 1.54) is 31.5 Å². The molecule has 0 amide bonds. The molecule has 3 nitrogen and oxygen atoms in total. The molecule has 0 saturated carbocycles. The van der Waals surface area contributed by atoms with Crippen molar-refractivity contribution in [3.05, 3.63) is 35.4 Å². The highest BCUT2D eigenvalue weighted by molar-refractivity contribution is 5.97. The second kappa shape index (κ2) is 6.83. The smallest absolute Gasteiger partial charge is 0.176 e. The highest BCUT2D eigenvalue weighted by Gasteiger charge is 2.13. The van der Waals surface area contributed by atoms with Gasteiger partial charge in [0.2, 0.25) is 0 Å². The summed E-state index contributed by atoms with van der Waals surface area (Å²) in [6, 6.07) is 7.84. The number of carbonyl (C=O) groups excluding carboxylic acids is 1. The SMILES string of the molecule is Cc1ccc(C(=O)CN(C)CCN2CCCC2)cc1. The average molecular weight is 260 g/mol. The van der Waals surface area contributed by atoms with Crippen molar-refractivity contribution in [2.24, 2.45) is 0 Å². The van der Waals surface area contributed by atoms with Crippen LogP contribution in [0.25, 0.3) is 0 Å². The predicted octanol–water partition coefficient (Wildman–Crippen LogP) is 2.21. The van der Waals surface area contributed by atoms with Gasteiger partial charge in [0.25, 0.3) is 0 Å². The van der Waals surface area contributed by atoms with Crippen molar-refractivity contribution in [1.82, 2.24) is 9.80 Å². The Morgan fingerprint density at radius 3 is 2.47 bits per heavy atom. The number of ketones is 1. The monoisotopic (exact) mass is 260 g/mol. The Morgan fingerprint density at radius 2 is 1.84 bits per heavy atom. The van der Waals surface area contributed by atoms with Crippen LogP contribution in [-0.2, 0) is 0 Å². The molecule has 104 valence electrons. The first-order chi connectivity index (χ1) is 9.15. The van der Waals surface area contributed by atoms with E-state index in [1.54, 1.807) is 0 Å². The van der Waals surface area contributed by atoms with Crippen molar-refractivity contribution in [3.63, 3.8) is 0 Å². The van der Waals surface area contributed by atoms with Gasteiger partial charge in [0.05, 0.1) is 6.54 Å². The van der Waals surface area contributed by atoms with Gasteiger partial charge >= 0.3 is 0 Å². The van der Waals surface area contributed by atoms with E-state index in [1.807, 2.05) is 38.2 Å². The van der Waals surface area contributed by atoms with E-state index < -0.39 is 0 Å². The van der Waals surface area contributed by atoms with Gasteiger partial charge in [-0.05, 0) is 39.9 Å². The minimum absolute atomic E-state index is 0.212. The molecule has 1 aromatic rings. The van der Waals surface area contributed by atoms with E-state index >= 15 is 0 Å². The zero-order chi connectivity index (χ0) is 13.7. The number of aryl methyl sites for hydroxylation is 1. The fraction of sp³-hybridized carbons (Fsp3) is 0.562. The maximum atomic E-state index is 12.1. The van der Waals surface area contributed by atoms with Crippen LogP contribution in [0.2, 0.25) is 0 Å². The maximum Gasteiger partial charge on any atom is 0.176 e. The van der Waals surface area contributed by atoms with E-state index in [2.05, 4.69) is 9.80 Å². The van der Waals surface area contributed by atoms with Crippen molar-refractivity contribution >= 4 is 5.78 Å². The molecule has 0 bridgehead atoms. The van der Waals surface area contributed by atoms with Crippen molar-refractivity contribution < 1.29 is 4.79 Å². The number of hydrogen-bond acceptors (Lipinski definition) is 3. The van der Waals surface area contributed by atoms with Crippen molar-refractivity contribution in [1.29, 1.82) is 0 Å². The summed E-state index contributed by atoms with van der Waals surface area (Å²) in [6.45, 7) is 7.04. The number of carbonyl (C=O) groups is 1. The molecule has 0 unspecified atom stereocenters. The number of likely N-dealkylation sites (tertiary alicyclic amines) is 1. The fourth-order valence-electron chi connectivity index (χ4n) is 2.47. The molecule has 2 rings (SSSR count). The molecule has 1 aliphatic heterocycles. The Morgan fingerprint density at radius 1 is 1.21 bits per heavy atom. The van der Waals surface area contributed by atoms with Gasteiger partial charge in [-0.2, -0.15) is 0 Å². The summed E-state index contributed by atoms with van der Waals surface area (Å²) in [6.07, 6.45) is 2.65. The van der Waals surface area contributed by atoms with Gasteiger partial charge in [-0.3, -0.25) is 9.69 Å². The van der Waals surface area contributed by atoms with Gasteiger partial charge in [0.1, 0.15) is 0 Å². The molecule has 0 aliphatic carbocycles.